The first kappa shape index (κ1) is 23.3. The molecule has 168 valence electrons. The number of benzene rings is 2. The highest BCUT2D eigenvalue weighted by Gasteiger charge is 2.34. The fraction of sp³-hybridized carbons (Fsp3) is 0.292. The lowest BCUT2D eigenvalue weighted by atomic mass is 9.96. The molecule has 0 aliphatic rings. The number of nitrogens with two attached hydrogens (primary N) is 1. The van der Waals surface area contributed by atoms with Crippen molar-refractivity contribution in [3.8, 4) is 5.75 Å². The predicted molar refractivity (Wildman–Crippen MR) is 124 cm³/mol. The van der Waals surface area contributed by atoms with Gasteiger partial charge in [0, 0.05) is 16.5 Å². The maximum Gasteiger partial charge on any atom is 0.320 e. The van der Waals surface area contributed by atoms with Gasteiger partial charge in [-0.05, 0) is 37.6 Å². The minimum absolute atomic E-state index is 0.0126. The number of hydrogen-bond donors (Lipinski definition) is 2. The Labute approximate surface area is 190 Å². The molecule has 32 heavy (non-hydrogen) atoms. The first-order chi connectivity index (χ1) is 15.4. The molecule has 0 radical (unpaired) electrons. The van der Waals surface area contributed by atoms with Crippen molar-refractivity contribution in [2.75, 3.05) is 13.2 Å². The molecule has 0 spiro atoms. The first-order valence-corrected chi connectivity index (χ1v) is 11.2. The van der Waals surface area contributed by atoms with Crippen LogP contribution in [-0.4, -0.2) is 31.0 Å². The number of esters is 2. The number of carbonyl (C=O) groups is 2. The average molecular weight is 455 g/mol. The molecular formula is C24H26N2O5S. The molecular weight excluding hydrogens is 428 g/mol. The van der Waals surface area contributed by atoms with Gasteiger partial charge in [-0.15, -0.1) is 11.3 Å². The van der Waals surface area contributed by atoms with Crippen LogP contribution >= 0.6 is 11.3 Å². The zero-order valence-electron chi connectivity index (χ0n) is 18.0. The second-order valence-corrected chi connectivity index (χ2v) is 8.09. The Morgan fingerprint density at radius 1 is 1.00 bits per heavy atom. The van der Waals surface area contributed by atoms with E-state index in [0.717, 1.165) is 15.6 Å². The van der Waals surface area contributed by atoms with Gasteiger partial charge in [0.05, 0.1) is 18.1 Å². The molecule has 3 rings (SSSR count). The molecule has 1 aromatic heterocycles. The summed E-state index contributed by atoms with van der Waals surface area (Å²) in [6.07, 6.45) is -0.553. The highest BCUT2D eigenvalue weighted by molar-refractivity contribution is 7.20. The third-order valence-corrected chi connectivity index (χ3v) is 5.95. The quantitative estimate of drug-likeness (QED) is 0.203. The van der Waals surface area contributed by atoms with E-state index in [9.17, 15) is 9.59 Å². The maximum atomic E-state index is 12.6. The number of fused-ring (bicyclic) bond motifs is 1. The van der Waals surface area contributed by atoms with E-state index in [1.54, 1.807) is 13.8 Å². The van der Waals surface area contributed by atoms with Gasteiger partial charge in [0.2, 0.25) is 0 Å². The van der Waals surface area contributed by atoms with Gasteiger partial charge < -0.3 is 19.9 Å². The van der Waals surface area contributed by atoms with Crippen LogP contribution in [0.2, 0.25) is 0 Å². The Balaban J connectivity index is 1.98. The maximum absolute atomic E-state index is 12.6. The molecule has 3 N–H and O–H groups in total. The lowest BCUT2D eigenvalue weighted by Gasteiger charge is -2.23. The van der Waals surface area contributed by atoms with Crippen LogP contribution in [0.5, 0.6) is 5.75 Å². The zero-order chi connectivity index (χ0) is 23.1. The number of hydrogen-bond acceptors (Lipinski definition) is 7. The van der Waals surface area contributed by atoms with E-state index in [1.165, 1.54) is 11.3 Å². The van der Waals surface area contributed by atoms with Gasteiger partial charge >= 0.3 is 11.9 Å². The van der Waals surface area contributed by atoms with Crippen molar-refractivity contribution < 1.29 is 23.8 Å². The summed E-state index contributed by atoms with van der Waals surface area (Å²) >= 11 is 1.40. The number of carbonyl (C=O) groups excluding carboxylic acids is 2. The van der Waals surface area contributed by atoms with Crippen LogP contribution in [0.25, 0.3) is 10.1 Å². The molecule has 8 heteroatoms. The van der Waals surface area contributed by atoms with Gasteiger partial charge in [-0.3, -0.25) is 15.0 Å². The van der Waals surface area contributed by atoms with Crippen LogP contribution in [0.1, 0.15) is 36.8 Å². The molecule has 0 saturated heterocycles. The van der Waals surface area contributed by atoms with Crippen molar-refractivity contribution in [2.24, 2.45) is 11.7 Å². The highest BCUT2D eigenvalue weighted by atomic mass is 32.1. The smallest absolute Gasteiger partial charge is 0.320 e. The largest absolute Gasteiger partial charge is 0.485 e. The van der Waals surface area contributed by atoms with E-state index in [-0.39, 0.29) is 25.5 Å². The summed E-state index contributed by atoms with van der Waals surface area (Å²) in [6.45, 7) is 3.70. The van der Waals surface area contributed by atoms with Gasteiger partial charge in [0.1, 0.15) is 17.7 Å². The van der Waals surface area contributed by atoms with Gasteiger partial charge in [-0.25, -0.2) is 0 Å². The molecule has 0 fully saturated rings. The van der Waals surface area contributed by atoms with E-state index in [1.807, 2.05) is 54.6 Å². The molecule has 1 unspecified atom stereocenters. The van der Waals surface area contributed by atoms with E-state index < -0.39 is 24.0 Å². The van der Waals surface area contributed by atoms with Gasteiger partial charge in [-0.2, -0.15) is 0 Å². The Morgan fingerprint density at radius 2 is 1.66 bits per heavy atom. The van der Waals surface area contributed by atoms with E-state index in [0.29, 0.717) is 10.6 Å². The van der Waals surface area contributed by atoms with Crippen molar-refractivity contribution in [1.29, 1.82) is 5.41 Å². The minimum atomic E-state index is -1.12. The summed E-state index contributed by atoms with van der Waals surface area (Å²) in [5.41, 5.74) is 6.47. The molecule has 0 saturated carbocycles. The van der Waals surface area contributed by atoms with E-state index in [2.05, 4.69) is 0 Å². The lowest BCUT2D eigenvalue weighted by Crippen LogP contribution is -2.31. The van der Waals surface area contributed by atoms with Crippen LogP contribution in [0, 0.1) is 11.3 Å². The van der Waals surface area contributed by atoms with Crippen molar-refractivity contribution in [2.45, 2.75) is 26.4 Å². The SMILES string of the molecule is CCOC(=O)C(CC(Oc1cccc2sc(C(=N)N)cc12)c1ccccc1)C(=O)OCC. The van der Waals surface area contributed by atoms with E-state index in [4.69, 9.17) is 25.4 Å². The zero-order valence-corrected chi connectivity index (χ0v) is 18.8. The summed E-state index contributed by atoms with van der Waals surface area (Å²) in [4.78, 5) is 25.8. The number of nitrogen functional groups attached to an aromatic ring is 1. The molecule has 0 bridgehead atoms. The number of amidine groups is 1. The van der Waals surface area contributed by atoms with Crippen molar-refractivity contribution in [1.82, 2.24) is 0 Å². The summed E-state index contributed by atoms with van der Waals surface area (Å²) in [5, 5.41) is 8.54. The fourth-order valence-electron chi connectivity index (χ4n) is 3.33. The van der Waals surface area contributed by atoms with Crippen LogP contribution in [0.15, 0.2) is 54.6 Å². The molecule has 0 aliphatic carbocycles. The van der Waals surface area contributed by atoms with Crippen LogP contribution in [0.4, 0.5) is 0 Å². The average Bonchev–Trinajstić information content (AvgIpc) is 3.23. The van der Waals surface area contributed by atoms with Crippen molar-refractivity contribution in [3.05, 3.63) is 65.0 Å². The van der Waals surface area contributed by atoms with Crippen molar-refractivity contribution >= 4 is 39.2 Å². The first-order valence-electron chi connectivity index (χ1n) is 10.4. The Bertz CT molecular complexity index is 1080. The number of rotatable bonds is 10. The Kier molecular flexibility index (Phi) is 7.83. The molecule has 0 aliphatic heterocycles. The van der Waals surface area contributed by atoms with Crippen LogP contribution in [-0.2, 0) is 19.1 Å². The second-order valence-electron chi connectivity index (χ2n) is 7.00. The third kappa shape index (κ3) is 5.45. The van der Waals surface area contributed by atoms with Crippen molar-refractivity contribution in [3.63, 3.8) is 0 Å². The number of ether oxygens (including phenoxy) is 3. The summed E-state index contributed by atoms with van der Waals surface area (Å²) in [5.74, 6) is -1.83. The molecule has 3 aromatic rings. The Hall–Kier alpha value is -3.39. The molecule has 2 aromatic carbocycles. The second kappa shape index (κ2) is 10.8. The van der Waals surface area contributed by atoms with Gasteiger partial charge in [0.15, 0.2) is 5.92 Å². The summed E-state index contributed by atoms with van der Waals surface area (Å²) in [7, 11) is 0. The third-order valence-electron chi connectivity index (χ3n) is 4.82. The van der Waals surface area contributed by atoms with Gasteiger partial charge in [-0.1, -0.05) is 36.4 Å². The molecule has 1 atom stereocenters. The lowest BCUT2D eigenvalue weighted by molar-refractivity contribution is -0.163. The topological polar surface area (TPSA) is 112 Å². The molecule has 7 nitrogen and oxygen atoms in total. The van der Waals surface area contributed by atoms with Crippen LogP contribution < -0.4 is 10.5 Å². The summed E-state index contributed by atoms with van der Waals surface area (Å²) < 4.78 is 17.6. The van der Waals surface area contributed by atoms with Crippen LogP contribution in [0.3, 0.4) is 0 Å². The fourth-order valence-corrected chi connectivity index (χ4v) is 4.27. The highest BCUT2D eigenvalue weighted by Crippen LogP contribution is 2.36. The Morgan fingerprint density at radius 3 is 2.25 bits per heavy atom. The summed E-state index contributed by atoms with van der Waals surface area (Å²) in [6, 6.07) is 16.8. The molecule has 0 amide bonds. The number of nitrogens with one attached hydrogen (secondary N) is 1. The monoisotopic (exact) mass is 454 g/mol. The van der Waals surface area contributed by atoms with E-state index >= 15 is 0 Å². The predicted octanol–water partition coefficient (Wildman–Crippen LogP) is 4.44. The van der Waals surface area contributed by atoms with Gasteiger partial charge in [0.25, 0.3) is 0 Å². The standard InChI is InChI=1S/C24H26N2O5S/c1-3-29-23(27)17(24(28)30-4-2)13-19(15-9-6-5-7-10-15)31-18-11-8-12-20-16(18)14-21(32-20)22(25)26/h5-12,14,17,19H,3-4,13H2,1-2H3,(H3,25,26). The number of thiophene rings is 1. The normalized spacial score (nSPS) is 11.8. The minimum Gasteiger partial charge on any atom is -0.485 e. The molecule has 1 heterocycles.